The second-order valence-electron chi connectivity index (χ2n) is 0.371. The zero-order valence-electron chi connectivity index (χ0n) is 3.63. The van der Waals surface area contributed by atoms with Crippen LogP contribution in [0.3, 0.4) is 0 Å². The quantitative estimate of drug-likeness (QED) is 0.254. The zero-order valence-corrected chi connectivity index (χ0v) is 4.45. The summed E-state index contributed by atoms with van der Waals surface area (Å²) in [6.45, 7) is 0. The summed E-state index contributed by atoms with van der Waals surface area (Å²) < 4.78 is 22.0. The van der Waals surface area contributed by atoms with E-state index >= 15 is 0 Å². The maximum atomic E-state index is 9.15. The van der Waals surface area contributed by atoms with Crippen LogP contribution in [0.5, 0.6) is 0 Å². The number of hydrogen-bond donors (Lipinski definition) is 0. The van der Waals surface area contributed by atoms with Gasteiger partial charge in [-0.25, -0.2) is 4.21 Å². The van der Waals surface area contributed by atoms with E-state index in [4.69, 9.17) is 8.76 Å². The first-order chi connectivity index (χ1) is 2.27. The van der Waals surface area contributed by atoms with Gasteiger partial charge in [-0.2, -0.15) is 0 Å². The van der Waals surface area contributed by atoms with Gasteiger partial charge in [0.05, 0.1) is 18.5 Å². The molecule has 5 heteroatoms. The van der Waals surface area contributed by atoms with Gasteiger partial charge >= 0.3 is 18.9 Å². The van der Waals surface area contributed by atoms with E-state index in [0.29, 0.717) is 0 Å². The van der Waals surface area contributed by atoms with Gasteiger partial charge < -0.3 is 8.74 Å². The van der Waals surface area contributed by atoms with Crippen LogP contribution >= 0.6 is 0 Å². The van der Waals surface area contributed by atoms with Gasteiger partial charge in [-0.3, -0.25) is 0 Å². The van der Waals surface area contributed by atoms with E-state index in [9.17, 15) is 0 Å². The van der Waals surface area contributed by atoms with Gasteiger partial charge in [0.25, 0.3) is 0 Å². The molecule has 3 nitrogen and oxygen atoms in total. The molecule has 0 fully saturated rings. The molecule has 0 saturated heterocycles. The Labute approximate surface area is 50.7 Å². The van der Waals surface area contributed by atoms with Gasteiger partial charge in [0.15, 0.2) is 0 Å². The first kappa shape index (κ1) is 9.83. The number of hydrogen-bond acceptors (Lipinski definition) is 3. The van der Waals surface area contributed by atoms with Gasteiger partial charge in [0.1, 0.15) is 0 Å². The van der Waals surface area contributed by atoms with Crippen molar-refractivity contribution in [1.82, 2.24) is 0 Å². The predicted molar refractivity (Wildman–Crippen MR) is 15.9 cm³/mol. The Bertz CT molecular complexity index is 46.1. The fourth-order valence-electron chi connectivity index (χ4n) is 0. The zero-order chi connectivity index (χ0) is 4.28. The first-order valence-electron chi connectivity index (χ1n) is 0.908. The molecule has 0 aromatic heterocycles. The van der Waals surface area contributed by atoms with Crippen molar-refractivity contribution in [3.05, 3.63) is 0 Å². The molecule has 0 radical (unpaired) electrons. The Kier molecular flexibility index (Phi) is 9.29. The summed E-state index contributed by atoms with van der Waals surface area (Å²) in [6.07, 6.45) is 0. The van der Waals surface area contributed by atoms with Crippen LogP contribution in [0.2, 0.25) is 0 Å². The van der Waals surface area contributed by atoms with Gasteiger partial charge in [0, 0.05) is 0 Å². The molecular weight excluding hydrogens is 99.0 g/mol. The summed E-state index contributed by atoms with van der Waals surface area (Å²) in [4.78, 5) is 0. The van der Waals surface area contributed by atoms with Gasteiger partial charge in [-0.15, -0.1) is 0 Å². The SMILES string of the molecule is COS(=O)[O-].[Li+]. The summed E-state index contributed by atoms with van der Waals surface area (Å²) >= 11 is -2.32. The largest absolute Gasteiger partial charge is 1.00 e. The van der Waals surface area contributed by atoms with Crippen molar-refractivity contribution >= 4 is 11.4 Å². The fraction of sp³-hybridized carbons (Fsp3) is 1.00. The van der Waals surface area contributed by atoms with Crippen LogP contribution in [-0.4, -0.2) is 15.9 Å². The van der Waals surface area contributed by atoms with Crippen molar-refractivity contribution in [2.45, 2.75) is 0 Å². The fourth-order valence-corrected chi connectivity index (χ4v) is 0. The topological polar surface area (TPSA) is 49.4 Å². The number of rotatable bonds is 1. The minimum absolute atomic E-state index is 0. The molecule has 0 bridgehead atoms. The Morgan fingerprint density at radius 2 is 2.00 bits per heavy atom. The molecule has 0 N–H and O–H groups in total. The van der Waals surface area contributed by atoms with Crippen molar-refractivity contribution in [3.63, 3.8) is 0 Å². The van der Waals surface area contributed by atoms with Crippen LogP contribution in [0.25, 0.3) is 0 Å². The van der Waals surface area contributed by atoms with Crippen molar-refractivity contribution in [2.24, 2.45) is 0 Å². The first-order valence-corrected chi connectivity index (χ1v) is 1.91. The van der Waals surface area contributed by atoms with Gasteiger partial charge in [-0.05, 0) is 0 Å². The monoisotopic (exact) mass is 102 g/mol. The van der Waals surface area contributed by atoms with E-state index in [1.165, 1.54) is 0 Å². The van der Waals surface area contributed by atoms with Crippen LogP contribution in [-0.2, 0) is 15.5 Å². The van der Waals surface area contributed by atoms with E-state index in [2.05, 4.69) is 4.18 Å². The summed E-state index contributed by atoms with van der Waals surface area (Å²) in [7, 11) is 1.09. The maximum absolute atomic E-state index is 9.15. The average molecular weight is 102 g/mol. The third-order valence-electron chi connectivity index (χ3n) is 0.136. The molecule has 32 valence electrons. The van der Waals surface area contributed by atoms with E-state index in [1.54, 1.807) is 0 Å². The second-order valence-corrected chi connectivity index (χ2v) is 1.11. The summed E-state index contributed by atoms with van der Waals surface area (Å²) in [6, 6.07) is 0. The van der Waals surface area contributed by atoms with E-state index in [0.717, 1.165) is 7.11 Å². The molecule has 0 aliphatic carbocycles. The summed E-state index contributed by atoms with van der Waals surface area (Å²) in [5, 5.41) is 0. The van der Waals surface area contributed by atoms with Crippen molar-refractivity contribution < 1.29 is 31.8 Å². The molecule has 6 heavy (non-hydrogen) atoms. The average Bonchev–Trinajstić information content (AvgIpc) is 1.38. The van der Waals surface area contributed by atoms with Crippen molar-refractivity contribution in [2.75, 3.05) is 7.11 Å². The Balaban J connectivity index is 0. The predicted octanol–water partition coefficient (Wildman–Crippen LogP) is -3.57. The third-order valence-corrected chi connectivity index (χ3v) is 0.408. The minimum Gasteiger partial charge on any atom is -0.750 e. The van der Waals surface area contributed by atoms with Crippen LogP contribution in [0.1, 0.15) is 0 Å². The van der Waals surface area contributed by atoms with E-state index in [1.807, 2.05) is 0 Å². The molecule has 0 aliphatic rings. The van der Waals surface area contributed by atoms with Crippen LogP contribution < -0.4 is 18.9 Å². The summed E-state index contributed by atoms with van der Waals surface area (Å²) in [5.74, 6) is 0. The minimum atomic E-state index is -2.32. The van der Waals surface area contributed by atoms with Crippen molar-refractivity contribution in [3.8, 4) is 0 Å². The molecule has 0 saturated carbocycles. The summed E-state index contributed by atoms with van der Waals surface area (Å²) in [5.41, 5.74) is 0. The Morgan fingerprint density at radius 1 is 1.83 bits per heavy atom. The molecule has 1 unspecified atom stereocenters. The molecule has 0 aromatic rings. The molecular formula is CH3LiO3S. The van der Waals surface area contributed by atoms with E-state index < -0.39 is 11.4 Å². The Morgan fingerprint density at radius 3 is 2.00 bits per heavy atom. The van der Waals surface area contributed by atoms with E-state index in [-0.39, 0.29) is 18.9 Å². The van der Waals surface area contributed by atoms with Crippen molar-refractivity contribution in [1.29, 1.82) is 0 Å². The Hall–Kier alpha value is 0.667. The standard InChI is InChI=1S/CH4O3S.Li/c1-4-5(2)3;/h1H3,(H,2,3);/q;+1/p-1. The second kappa shape index (κ2) is 5.67. The molecule has 0 aliphatic heterocycles. The van der Waals surface area contributed by atoms with Gasteiger partial charge in [-0.1, -0.05) is 0 Å². The van der Waals surface area contributed by atoms with Crippen LogP contribution in [0.4, 0.5) is 0 Å². The molecule has 0 spiro atoms. The molecule has 0 aromatic carbocycles. The smallest absolute Gasteiger partial charge is 0.750 e. The molecule has 0 amide bonds. The molecule has 1 atom stereocenters. The molecule has 0 heterocycles. The third kappa shape index (κ3) is 8.82. The van der Waals surface area contributed by atoms with Crippen LogP contribution in [0.15, 0.2) is 0 Å². The normalized spacial score (nSPS) is 12.3. The molecule has 0 rings (SSSR count). The maximum Gasteiger partial charge on any atom is 1.00 e. The van der Waals surface area contributed by atoms with Crippen LogP contribution in [0, 0.1) is 0 Å². The van der Waals surface area contributed by atoms with Gasteiger partial charge in [0.2, 0.25) is 0 Å².